The third-order valence-corrected chi connectivity index (χ3v) is 7.01. The maximum absolute atomic E-state index is 12.3. The van der Waals surface area contributed by atoms with Gasteiger partial charge in [-0.2, -0.15) is 0 Å². The van der Waals surface area contributed by atoms with Crippen LogP contribution in [0.15, 0.2) is 0 Å². The third-order valence-electron chi connectivity index (χ3n) is 7.01. The normalized spacial score (nSPS) is 35.7. The number of carbonyl (C=O) groups is 1. The molecule has 126 valence electrons. The van der Waals surface area contributed by atoms with E-state index in [0.717, 1.165) is 51.7 Å². The Morgan fingerprint density at radius 3 is 2.00 bits per heavy atom. The number of ether oxygens (including phenoxy) is 2. The molecule has 1 atom stereocenters. The first kappa shape index (κ1) is 16.4. The second-order valence-corrected chi connectivity index (χ2v) is 9.38. The fourth-order valence-electron chi connectivity index (χ4n) is 5.01. The molecule has 0 amide bonds. The molecule has 1 aliphatic heterocycles. The number of Topliss-reactive ketones (excluding diaryl/α,β-unsaturated/α-hetero) is 1. The van der Waals surface area contributed by atoms with Crippen LogP contribution in [0.3, 0.4) is 0 Å². The van der Waals surface area contributed by atoms with E-state index in [4.69, 9.17) is 9.47 Å². The number of carbonyl (C=O) groups excluding carboxylic acids is 1. The second-order valence-electron chi connectivity index (χ2n) is 9.38. The van der Waals surface area contributed by atoms with Crippen LogP contribution in [0, 0.1) is 22.2 Å². The summed E-state index contributed by atoms with van der Waals surface area (Å²) >= 11 is 0. The Kier molecular flexibility index (Phi) is 3.77. The Labute approximate surface area is 135 Å². The summed E-state index contributed by atoms with van der Waals surface area (Å²) in [6, 6.07) is 0. The first-order valence-electron chi connectivity index (χ1n) is 8.92. The van der Waals surface area contributed by atoms with Gasteiger partial charge in [-0.15, -0.1) is 0 Å². The van der Waals surface area contributed by atoms with Gasteiger partial charge in [-0.1, -0.05) is 34.6 Å². The molecule has 3 nitrogen and oxygen atoms in total. The predicted octanol–water partition coefficient (Wildman–Crippen LogP) is 4.34. The molecule has 22 heavy (non-hydrogen) atoms. The molecule has 0 aromatic rings. The summed E-state index contributed by atoms with van der Waals surface area (Å²) in [5, 5.41) is 0. The second kappa shape index (κ2) is 5.04. The summed E-state index contributed by atoms with van der Waals surface area (Å²) in [5.74, 6) is 0.257. The molecule has 3 fully saturated rings. The van der Waals surface area contributed by atoms with Crippen LogP contribution in [-0.2, 0) is 14.3 Å². The van der Waals surface area contributed by atoms with E-state index in [1.807, 2.05) is 0 Å². The Bertz CT molecular complexity index is 443. The van der Waals surface area contributed by atoms with Crippen molar-refractivity contribution in [2.75, 3.05) is 13.2 Å². The molecule has 3 heteroatoms. The van der Waals surface area contributed by atoms with E-state index in [1.54, 1.807) is 0 Å². The summed E-state index contributed by atoms with van der Waals surface area (Å²) in [6.45, 7) is 12.8. The molecule has 1 heterocycles. The maximum Gasteiger partial charge on any atom is 0.168 e. The van der Waals surface area contributed by atoms with Crippen molar-refractivity contribution in [3.05, 3.63) is 0 Å². The van der Waals surface area contributed by atoms with Crippen LogP contribution in [0.25, 0.3) is 0 Å². The van der Waals surface area contributed by atoms with Gasteiger partial charge in [0.05, 0.1) is 13.2 Å². The van der Waals surface area contributed by atoms with E-state index in [2.05, 4.69) is 34.6 Å². The average molecular weight is 308 g/mol. The average Bonchev–Trinajstić information content (AvgIpc) is 2.47. The zero-order valence-corrected chi connectivity index (χ0v) is 15.0. The van der Waals surface area contributed by atoms with Crippen LogP contribution < -0.4 is 0 Å². The quantitative estimate of drug-likeness (QED) is 0.667. The Morgan fingerprint density at radius 2 is 1.45 bits per heavy atom. The minimum Gasteiger partial charge on any atom is -0.349 e. The van der Waals surface area contributed by atoms with Crippen LogP contribution >= 0.6 is 0 Å². The molecule has 0 bridgehead atoms. The highest BCUT2D eigenvalue weighted by atomic mass is 16.7. The van der Waals surface area contributed by atoms with Gasteiger partial charge in [0.1, 0.15) is 5.78 Å². The van der Waals surface area contributed by atoms with Gasteiger partial charge in [0, 0.05) is 30.6 Å². The van der Waals surface area contributed by atoms with Gasteiger partial charge >= 0.3 is 0 Å². The molecule has 1 saturated heterocycles. The highest BCUT2D eigenvalue weighted by Gasteiger charge is 2.58. The van der Waals surface area contributed by atoms with Crippen LogP contribution in [0.2, 0.25) is 0 Å². The van der Waals surface area contributed by atoms with Crippen molar-refractivity contribution in [3.63, 3.8) is 0 Å². The van der Waals surface area contributed by atoms with E-state index in [1.165, 1.54) is 0 Å². The third kappa shape index (κ3) is 2.45. The molecule has 3 aliphatic rings. The summed E-state index contributed by atoms with van der Waals surface area (Å²) in [4.78, 5) is 12.3. The molecule has 2 spiro atoms. The van der Waals surface area contributed by atoms with E-state index in [0.29, 0.717) is 5.78 Å². The topological polar surface area (TPSA) is 35.5 Å². The van der Waals surface area contributed by atoms with E-state index >= 15 is 0 Å². The van der Waals surface area contributed by atoms with Gasteiger partial charge in [0.15, 0.2) is 5.79 Å². The lowest BCUT2D eigenvalue weighted by atomic mass is 9.48. The highest BCUT2D eigenvalue weighted by molar-refractivity contribution is 5.82. The summed E-state index contributed by atoms with van der Waals surface area (Å²) < 4.78 is 12.4. The number of hydrogen-bond acceptors (Lipinski definition) is 3. The molecule has 0 radical (unpaired) electrons. The van der Waals surface area contributed by atoms with Crippen LogP contribution in [0.5, 0.6) is 0 Å². The number of rotatable bonds is 0. The van der Waals surface area contributed by atoms with Gasteiger partial charge < -0.3 is 9.47 Å². The molecule has 0 aromatic carbocycles. The van der Waals surface area contributed by atoms with E-state index < -0.39 is 0 Å². The number of hydrogen-bond donors (Lipinski definition) is 0. The molecule has 0 aromatic heterocycles. The van der Waals surface area contributed by atoms with Crippen molar-refractivity contribution in [1.82, 2.24) is 0 Å². The first-order valence-corrected chi connectivity index (χ1v) is 8.92. The lowest BCUT2D eigenvalue weighted by Gasteiger charge is -2.59. The molecule has 0 N–H and O–H groups in total. The van der Waals surface area contributed by atoms with Gasteiger partial charge in [-0.3, -0.25) is 4.79 Å². The van der Waals surface area contributed by atoms with Crippen molar-refractivity contribution in [2.24, 2.45) is 22.2 Å². The lowest BCUT2D eigenvalue weighted by molar-refractivity contribution is -0.322. The summed E-state index contributed by atoms with van der Waals surface area (Å²) in [5.41, 5.74) is 0.483. The van der Waals surface area contributed by atoms with Gasteiger partial charge in [0.2, 0.25) is 0 Å². The van der Waals surface area contributed by atoms with E-state index in [9.17, 15) is 4.79 Å². The zero-order valence-electron chi connectivity index (χ0n) is 15.0. The fraction of sp³-hybridized carbons (Fsp3) is 0.947. The highest BCUT2D eigenvalue weighted by Crippen LogP contribution is 2.61. The molecule has 2 saturated carbocycles. The summed E-state index contributed by atoms with van der Waals surface area (Å²) in [7, 11) is 0. The SMILES string of the molecule is C[C@H]1C(=O)CCC(C)(C)C12CCC1(CC2)OCC(C)(C)CO1. The Morgan fingerprint density at radius 1 is 0.909 bits per heavy atom. The molecule has 0 unspecified atom stereocenters. The molecular formula is C19H32O3. The van der Waals surface area contributed by atoms with Crippen molar-refractivity contribution in [3.8, 4) is 0 Å². The van der Waals surface area contributed by atoms with Crippen molar-refractivity contribution in [1.29, 1.82) is 0 Å². The predicted molar refractivity (Wildman–Crippen MR) is 86.5 cm³/mol. The van der Waals surface area contributed by atoms with Crippen LogP contribution in [0.4, 0.5) is 0 Å². The zero-order chi connectivity index (χ0) is 16.2. The first-order chi connectivity index (χ1) is 10.1. The minimum atomic E-state index is -0.378. The van der Waals surface area contributed by atoms with Gasteiger partial charge in [0.25, 0.3) is 0 Å². The van der Waals surface area contributed by atoms with E-state index in [-0.39, 0.29) is 27.9 Å². The fourth-order valence-corrected chi connectivity index (χ4v) is 5.01. The standard InChI is InChI=1S/C19H32O3/c1-14-15(20)6-7-17(4,5)18(14)8-10-19(11-9-18)21-12-16(2,3)13-22-19/h14H,6-13H2,1-5H3/t14-/m0/s1. The Hall–Kier alpha value is -0.410. The summed E-state index contributed by atoms with van der Waals surface area (Å²) in [6.07, 6.45) is 5.75. The molecular weight excluding hydrogens is 276 g/mol. The molecule has 3 rings (SSSR count). The lowest BCUT2D eigenvalue weighted by Crippen LogP contribution is -2.57. The van der Waals surface area contributed by atoms with Crippen molar-refractivity contribution < 1.29 is 14.3 Å². The number of ketones is 1. The van der Waals surface area contributed by atoms with Crippen molar-refractivity contribution in [2.45, 2.75) is 78.9 Å². The minimum absolute atomic E-state index is 0.119. The Balaban J connectivity index is 1.76. The largest absolute Gasteiger partial charge is 0.349 e. The molecule has 2 aliphatic carbocycles. The van der Waals surface area contributed by atoms with Gasteiger partial charge in [-0.05, 0) is 30.1 Å². The van der Waals surface area contributed by atoms with Crippen molar-refractivity contribution >= 4 is 5.78 Å². The smallest absolute Gasteiger partial charge is 0.168 e. The van der Waals surface area contributed by atoms with Crippen LogP contribution in [0.1, 0.15) is 73.1 Å². The van der Waals surface area contributed by atoms with Crippen LogP contribution in [-0.4, -0.2) is 24.8 Å². The maximum atomic E-state index is 12.3. The monoisotopic (exact) mass is 308 g/mol. The van der Waals surface area contributed by atoms with Gasteiger partial charge in [-0.25, -0.2) is 0 Å².